The summed E-state index contributed by atoms with van der Waals surface area (Å²) in [5.74, 6) is -0.193. The normalized spacial score (nSPS) is 13.8. The summed E-state index contributed by atoms with van der Waals surface area (Å²) in [6.07, 6.45) is 0.0289. The standard InChI is InChI=1S/C14H16N2O2S/c1-14(18,11-5-3-2-4-6-11)7-13(17)15-8-12-9-19-10-16-12/h2-6,9-10,18H,7-8H2,1H3,(H,15,17). The summed E-state index contributed by atoms with van der Waals surface area (Å²) in [5.41, 5.74) is 2.13. The number of hydrogen-bond acceptors (Lipinski definition) is 4. The molecule has 0 aliphatic carbocycles. The number of thiazole rings is 1. The van der Waals surface area contributed by atoms with Gasteiger partial charge in [0.1, 0.15) is 0 Å². The van der Waals surface area contributed by atoms with Crippen molar-refractivity contribution in [3.05, 3.63) is 52.5 Å². The first-order chi connectivity index (χ1) is 9.08. The van der Waals surface area contributed by atoms with Crippen molar-refractivity contribution in [2.75, 3.05) is 0 Å². The maximum absolute atomic E-state index is 11.8. The van der Waals surface area contributed by atoms with E-state index in [1.165, 1.54) is 11.3 Å². The summed E-state index contributed by atoms with van der Waals surface area (Å²) >= 11 is 1.49. The van der Waals surface area contributed by atoms with E-state index in [1.54, 1.807) is 12.4 Å². The molecule has 1 aromatic carbocycles. The van der Waals surface area contributed by atoms with Gasteiger partial charge in [0.2, 0.25) is 5.91 Å². The van der Waals surface area contributed by atoms with Crippen LogP contribution in [0, 0.1) is 0 Å². The zero-order valence-electron chi connectivity index (χ0n) is 10.7. The van der Waals surface area contributed by atoms with Gasteiger partial charge in [-0.2, -0.15) is 0 Å². The van der Waals surface area contributed by atoms with Gasteiger partial charge in [-0.05, 0) is 12.5 Å². The molecule has 100 valence electrons. The quantitative estimate of drug-likeness (QED) is 0.878. The van der Waals surface area contributed by atoms with Crippen LogP contribution >= 0.6 is 11.3 Å². The Balaban J connectivity index is 1.91. The highest BCUT2D eigenvalue weighted by Crippen LogP contribution is 2.23. The Morgan fingerprint density at radius 3 is 2.79 bits per heavy atom. The highest BCUT2D eigenvalue weighted by atomic mass is 32.1. The minimum absolute atomic E-state index is 0.0289. The largest absolute Gasteiger partial charge is 0.385 e. The average Bonchev–Trinajstić information content (AvgIpc) is 2.90. The third-order valence-electron chi connectivity index (χ3n) is 2.85. The van der Waals surface area contributed by atoms with Crippen LogP contribution in [-0.2, 0) is 16.9 Å². The van der Waals surface area contributed by atoms with Crippen LogP contribution in [-0.4, -0.2) is 16.0 Å². The van der Waals surface area contributed by atoms with Crippen molar-refractivity contribution < 1.29 is 9.90 Å². The molecule has 0 spiro atoms. The Kier molecular flexibility index (Phi) is 4.29. The summed E-state index contributed by atoms with van der Waals surface area (Å²) in [6.45, 7) is 2.04. The molecule has 1 amide bonds. The third kappa shape index (κ3) is 3.87. The maximum atomic E-state index is 11.8. The molecule has 1 aromatic heterocycles. The van der Waals surface area contributed by atoms with Crippen molar-refractivity contribution in [3.63, 3.8) is 0 Å². The molecule has 0 aliphatic heterocycles. The van der Waals surface area contributed by atoms with E-state index < -0.39 is 5.60 Å². The Hall–Kier alpha value is -1.72. The van der Waals surface area contributed by atoms with Gasteiger partial charge in [-0.3, -0.25) is 4.79 Å². The molecule has 0 fully saturated rings. The second-order valence-corrected chi connectivity index (χ2v) is 5.29. The number of hydrogen-bond donors (Lipinski definition) is 2. The summed E-state index contributed by atoms with van der Waals surface area (Å²) in [7, 11) is 0. The van der Waals surface area contributed by atoms with Crippen molar-refractivity contribution in [1.29, 1.82) is 0 Å². The maximum Gasteiger partial charge on any atom is 0.223 e. The van der Waals surface area contributed by atoms with Crippen LogP contribution < -0.4 is 5.32 Å². The van der Waals surface area contributed by atoms with Crippen molar-refractivity contribution in [1.82, 2.24) is 10.3 Å². The zero-order valence-corrected chi connectivity index (χ0v) is 11.5. The lowest BCUT2D eigenvalue weighted by atomic mass is 9.92. The first-order valence-electron chi connectivity index (χ1n) is 5.99. The van der Waals surface area contributed by atoms with Crippen LogP contribution in [0.25, 0.3) is 0 Å². The van der Waals surface area contributed by atoms with E-state index in [4.69, 9.17) is 0 Å². The van der Waals surface area contributed by atoms with E-state index >= 15 is 0 Å². The van der Waals surface area contributed by atoms with Gasteiger partial charge in [0.15, 0.2) is 0 Å². The molecule has 2 N–H and O–H groups in total. The van der Waals surface area contributed by atoms with Gasteiger partial charge in [-0.25, -0.2) is 4.98 Å². The first-order valence-corrected chi connectivity index (χ1v) is 6.94. The monoisotopic (exact) mass is 276 g/mol. The highest BCUT2D eigenvalue weighted by Gasteiger charge is 2.26. The summed E-state index contributed by atoms with van der Waals surface area (Å²) < 4.78 is 0. The van der Waals surface area contributed by atoms with Gasteiger partial charge < -0.3 is 10.4 Å². The number of aliphatic hydroxyl groups is 1. The van der Waals surface area contributed by atoms with Crippen molar-refractivity contribution in [2.24, 2.45) is 0 Å². The molecule has 0 bridgehead atoms. The molecule has 19 heavy (non-hydrogen) atoms. The molecule has 4 nitrogen and oxygen atoms in total. The lowest BCUT2D eigenvalue weighted by Crippen LogP contribution is -2.32. The first kappa shape index (κ1) is 13.7. The number of carbonyl (C=O) groups is 1. The number of carbonyl (C=O) groups excluding carboxylic acids is 1. The van der Waals surface area contributed by atoms with Crippen LogP contribution in [0.5, 0.6) is 0 Å². The van der Waals surface area contributed by atoms with Crippen LogP contribution in [0.15, 0.2) is 41.2 Å². The van der Waals surface area contributed by atoms with E-state index in [0.717, 1.165) is 11.3 Å². The van der Waals surface area contributed by atoms with Gasteiger partial charge in [0.05, 0.1) is 29.8 Å². The molecular formula is C14H16N2O2S. The molecule has 0 saturated heterocycles. The summed E-state index contributed by atoms with van der Waals surface area (Å²) in [6, 6.07) is 9.19. The van der Waals surface area contributed by atoms with E-state index in [1.807, 2.05) is 35.7 Å². The number of amides is 1. The predicted molar refractivity (Wildman–Crippen MR) is 74.6 cm³/mol. The van der Waals surface area contributed by atoms with Crippen molar-refractivity contribution in [2.45, 2.75) is 25.5 Å². The predicted octanol–water partition coefficient (Wildman–Crippen LogP) is 2.06. The number of rotatable bonds is 5. The SMILES string of the molecule is CC(O)(CC(=O)NCc1cscn1)c1ccccc1. The fraction of sp³-hybridized carbons (Fsp3) is 0.286. The molecular weight excluding hydrogens is 260 g/mol. The van der Waals surface area contributed by atoms with Gasteiger partial charge in [0.25, 0.3) is 0 Å². The lowest BCUT2D eigenvalue weighted by Gasteiger charge is -2.23. The number of nitrogens with zero attached hydrogens (tertiary/aromatic N) is 1. The fourth-order valence-electron chi connectivity index (χ4n) is 1.79. The van der Waals surface area contributed by atoms with Gasteiger partial charge >= 0.3 is 0 Å². The van der Waals surface area contributed by atoms with Crippen molar-refractivity contribution >= 4 is 17.2 Å². The van der Waals surface area contributed by atoms with Crippen LogP contribution in [0.1, 0.15) is 24.6 Å². The summed E-state index contributed by atoms with van der Waals surface area (Å²) in [4.78, 5) is 15.9. The van der Waals surface area contributed by atoms with Gasteiger partial charge in [0, 0.05) is 5.38 Å². The Bertz CT molecular complexity index is 524. The Morgan fingerprint density at radius 1 is 1.42 bits per heavy atom. The third-order valence-corrected chi connectivity index (χ3v) is 3.49. The molecule has 1 heterocycles. The molecule has 0 aliphatic rings. The van der Waals surface area contributed by atoms with Gasteiger partial charge in [-0.1, -0.05) is 30.3 Å². The zero-order chi connectivity index (χ0) is 13.7. The molecule has 2 rings (SSSR count). The topological polar surface area (TPSA) is 62.2 Å². The second-order valence-electron chi connectivity index (χ2n) is 4.57. The minimum Gasteiger partial charge on any atom is -0.385 e. The molecule has 1 unspecified atom stereocenters. The molecule has 0 radical (unpaired) electrons. The molecule has 0 saturated carbocycles. The van der Waals surface area contributed by atoms with Crippen LogP contribution in [0.3, 0.4) is 0 Å². The highest BCUT2D eigenvalue weighted by molar-refractivity contribution is 7.07. The summed E-state index contributed by atoms with van der Waals surface area (Å²) in [5, 5.41) is 15.0. The Morgan fingerprint density at radius 2 is 2.16 bits per heavy atom. The fourth-order valence-corrected chi connectivity index (χ4v) is 2.35. The lowest BCUT2D eigenvalue weighted by molar-refractivity contribution is -0.126. The average molecular weight is 276 g/mol. The Labute approximate surface area is 116 Å². The molecule has 1 atom stereocenters. The smallest absolute Gasteiger partial charge is 0.223 e. The van der Waals surface area contributed by atoms with Crippen LogP contribution in [0.4, 0.5) is 0 Å². The van der Waals surface area contributed by atoms with E-state index in [2.05, 4.69) is 10.3 Å². The van der Waals surface area contributed by atoms with Crippen LogP contribution in [0.2, 0.25) is 0 Å². The van der Waals surface area contributed by atoms with E-state index in [9.17, 15) is 9.90 Å². The minimum atomic E-state index is -1.16. The molecule has 5 heteroatoms. The number of aromatic nitrogens is 1. The van der Waals surface area contributed by atoms with Gasteiger partial charge in [-0.15, -0.1) is 11.3 Å². The number of benzene rings is 1. The second kappa shape index (κ2) is 5.95. The molecule has 2 aromatic rings. The van der Waals surface area contributed by atoms with E-state index in [-0.39, 0.29) is 12.3 Å². The van der Waals surface area contributed by atoms with E-state index in [0.29, 0.717) is 6.54 Å². The number of nitrogens with one attached hydrogen (secondary N) is 1. The van der Waals surface area contributed by atoms with Crippen molar-refractivity contribution in [3.8, 4) is 0 Å².